The number of anilines is 1. The summed E-state index contributed by atoms with van der Waals surface area (Å²) in [7, 11) is 0. The molecule has 0 amide bonds. The first-order valence-corrected chi connectivity index (χ1v) is 6.74. The van der Waals surface area contributed by atoms with Crippen LogP contribution in [0, 0.1) is 6.92 Å². The highest BCUT2D eigenvalue weighted by molar-refractivity contribution is 6.35. The first kappa shape index (κ1) is 13.0. The average Bonchev–Trinajstić information content (AvgIpc) is 2.29. The van der Waals surface area contributed by atoms with Crippen molar-refractivity contribution in [3.8, 4) is 0 Å². The Bertz CT molecular complexity index is 409. The minimum atomic E-state index is -0.292. The van der Waals surface area contributed by atoms with Crippen LogP contribution in [0.2, 0.25) is 10.0 Å². The van der Waals surface area contributed by atoms with Gasteiger partial charge in [-0.3, -0.25) is 0 Å². The molecule has 1 saturated carbocycles. The third-order valence-corrected chi connectivity index (χ3v) is 4.04. The Labute approximate surface area is 112 Å². The molecule has 17 heavy (non-hydrogen) atoms. The second-order valence-electron chi connectivity index (χ2n) is 4.68. The first-order valence-electron chi connectivity index (χ1n) is 5.98. The number of aliphatic hydroxyl groups is 1. The van der Waals surface area contributed by atoms with E-state index in [-0.39, 0.29) is 12.1 Å². The summed E-state index contributed by atoms with van der Waals surface area (Å²) in [6.07, 6.45) is 3.78. The van der Waals surface area contributed by atoms with Crippen LogP contribution < -0.4 is 5.32 Å². The second kappa shape index (κ2) is 5.47. The molecule has 2 atom stereocenters. The Balaban J connectivity index is 2.15. The summed E-state index contributed by atoms with van der Waals surface area (Å²) in [6, 6.07) is 3.77. The monoisotopic (exact) mass is 273 g/mol. The van der Waals surface area contributed by atoms with Crippen molar-refractivity contribution in [1.29, 1.82) is 0 Å². The molecule has 1 aliphatic carbocycles. The van der Waals surface area contributed by atoms with Crippen molar-refractivity contribution in [3.63, 3.8) is 0 Å². The SMILES string of the molecule is Cc1cc(Cl)c(NC2CCCCC2O)cc1Cl. The molecular formula is C13H17Cl2NO. The van der Waals surface area contributed by atoms with Gasteiger partial charge in [0.2, 0.25) is 0 Å². The predicted molar refractivity (Wildman–Crippen MR) is 73.1 cm³/mol. The quantitative estimate of drug-likeness (QED) is 0.853. The number of aliphatic hydroxyl groups excluding tert-OH is 1. The highest BCUT2D eigenvalue weighted by Gasteiger charge is 2.23. The van der Waals surface area contributed by atoms with Gasteiger partial charge in [0.1, 0.15) is 0 Å². The van der Waals surface area contributed by atoms with Crippen molar-refractivity contribution in [2.45, 2.75) is 44.8 Å². The predicted octanol–water partition coefficient (Wildman–Crippen LogP) is 4.02. The fourth-order valence-electron chi connectivity index (χ4n) is 2.24. The average molecular weight is 274 g/mol. The van der Waals surface area contributed by atoms with Crippen molar-refractivity contribution >= 4 is 28.9 Å². The molecule has 2 unspecified atom stereocenters. The number of halogens is 2. The van der Waals surface area contributed by atoms with E-state index in [2.05, 4.69) is 5.32 Å². The summed E-state index contributed by atoms with van der Waals surface area (Å²) in [5.74, 6) is 0. The van der Waals surface area contributed by atoms with E-state index in [0.29, 0.717) is 10.0 Å². The molecule has 2 rings (SSSR count). The molecule has 1 aromatic rings. The number of benzene rings is 1. The Morgan fingerprint density at radius 1 is 1.18 bits per heavy atom. The molecule has 0 radical (unpaired) electrons. The molecule has 0 spiro atoms. The molecule has 0 saturated heterocycles. The maximum Gasteiger partial charge on any atom is 0.0741 e. The molecule has 94 valence electrons. The van der Waals surface area contributed by atoms with E-state index in [1.807, 2.05) is 19.1 Å². The topological polar surface area (TPSA) is 32.3 Å². The molecule has 2 nitrogen and oxygen atoms in total. The van der Waals surface area contributed by atoms with E-state index >= 15 is 0 Å². The van der Waals surface area contributed by atoms with Gasteiger partial charge >= 0.3 is 0 Å². The molecule has 0 bridgehead atoms. The van der Waals surface area contributed by atoms with E-state index in [4.69, 9.17) is 23.2 Å². The molecule has 0 aromatic heterocycles. The zero-order valence-electron chi connectivity index (χ0n) is 9.84. The normalized spacial score (nSPS) is 24.7. The standard InChI is InChI=1S/C13H17Cl2NO/c1-8-6-10(15)12(7-9(8)14)16-11-4-2-3-5-13(11)17/h6-7,11,13,16-17H,2-5H2,1H3. The molecule has 1 aromatic carbocycles. The van der Waals surface area contributed by atoms with Crippen LogP contribution in [-0.2, 0) is 0 Å². The fraction of sp³-hybridized carbons (Fsp3) is 0.538. The molecule has 1 fully saturated rings. The zero-order valence-corrected chi connectivity index (χ0v) is 11.4. The van der Waals surface area contributed by atoms with E-state index in [1.165, 1.54) is 0 Å². The van der Waals surface area contributed by atoms with Gasteiger partial charge in [-0.05, 0) is 37.5 Å². The summed E-state index contributed by atoms with van der Waals surface area (Å²) < 4.78 is 0. The van der Waals surface area contributed by atoms with Crippen LogP contribution in [0.3, 0.4) is 0 Å². The van der Waals surface area contributed by atoms with Crippen LogP contribution in [0.5, 0.6) is 0 Å². The second-order valence-corrected chi connectivity index (χ2v) is 5.50. The highest BCUT2D eigenvalue weighted by Crippen LogP contribution is 2.31. The van der Waals surface area contributed by atoms with Gasteiger partial charge in [-0.1, -0.05) is 36.0 Å². The lowest BCUT2D eigenvalue weighted by atomic mass is 9.92. The summed E-state index contributed by atoms with van der Waals surface area (Å²) in [5, 5.41) is 14.6. The molecule has 2 N–H and O–H groups in total. The van der Waals surface area contributed by atoms with Crippen molar-refractivity contribution in [2.24, 2.45) is 0 Å². The van der Waals surface area contributed by atoms with E-state index in [0.717, 1.165) is 36.9 Å². The van der Waals surface area contributed by atoms with Gasteiger partial charge in [0.15, 0.2) is 0 Å². The minimum Gasteiger partial charge on any atom is -0.391 e. The van der Waals surface area contributed by atoms with Gasteiger partial charge in [-0.2, -0.15) is 0 Å². The number of rotatable bonds is 2. The number of nitrogens with one attached hydrogen (secondary N) is 1. The van der Waals surface area contributed by atoms with Gasteiger partial charge in [-0.25, -0.2) is 0 Å². The minimum absolute atomic E-state index is 0.0834. The maximum atomic E-state index is 9.91. The molecule has 4 heteroatoms. The van der Waals surface area contributed by atoms with Gasteiger partial charge in [-0.15, -0.1) is 0 Å². The van der Waals surface area contributed by atoms with Gasteiger partial charge in [0.05, 0.1) is 22.9 Å². The maximum absolute atomic E-state index is 9.91. The van der Waals surface area contributed by atoms with Crippen LogP contribution in [-0.4, -0.2) is 17.3 Å². The largest absolute Gasteiger partial charge is 0.391 e. The summed E-state index contributed by atoms with van der Waals surface area (Å²) in [4.78, 5) is 0. The van der Waals surface area contributed by atoms with Crippen LogP contribution >= 0.6 is 23.2 Å². The third-order valence-electron chi connectivity index (χ3n) is 3.32. The zero-order chi connectivity index (χ0) is 12.4. The molecule has 0 aliphatic heterocycles. The highest BCUT2D eigenvalue weighted by atomic mass is 35.5. The van der Waals surface area contributed by atoms with Crippen LogP contribution in [0.1, 0.15) is 31.2 Å². The third kappa shape index (κ3) is 3.06. The van der Waals surface area contributed by atoms with Crippen LogP contribution in [0.4, 0.5) is 5.69 Å². The molecular weight excluding hydrogens is 257 g/mol. The Hall–Kier alpha value is -0.440. The van der Waals surface area contributed by atoms with Gasteiger partial charge in [0.25, 0.3) is 0 Å². The smallest absolute Gasteiger partial charge is 0.0741 e. The van der Waals surface area contributed by atoms with E-state index in [1.54, 1.807) is 0 Å². The summed E-state index contributed by atoms with van der Waals surface area (Å²) in [6.45, 7) is 1.92. The lowest BCUT2D eigenvalue weighted by Crippen LogP contribution is -2.36. The Kier molecular flexibility index (Phi) is 4.18. The van der Waals surface area contributed by atoms with Crippen molar-refractivity contribution in [1.82, 2.24) is 0 Å². The van der Waals surface area contributed by atoms with Gasteiger partial charge in [0, 0.05) is 5.02 Å². The fourth-order valence-corrected chi connectivity index (χ4v) is 2.67. The number of aryl methyl sites for hydroxylation is 1. The summed E-state index contributed by atoms with van der Waals surface area (Å²) in [5.41, 5.74) is 1.78. The van der Waals surface area contributed by atoms with Crippen molar-refractivity contribution < 1.29 is 5.11 Å². The Morgan fingerprint density at radius 2 is 1.88 bits per heavy atom. The van der Waals surface area contributed by atoms with Crippen LogP contribution in [0.15, 0.2) is 12.1 Å². The number of hydrogen-bond donors (Lipinski definition) is 2. The van der Waals surface area contributed by atoms with E-state index in [9.17, 15) is 5.11 Å². The van der Waals surface area contributed by atoms with Crippen molar-refractivity contribution in [3.05, 3.63) is 27.7 Å². The lowest BCUT2D eigenvalue weighted by Gasteiger charge is -2.29. The number of hydrogen-bond acceptors (Lipinski definition) is 2. The van der Waals surface area contributed by atoms with Crippen LogP contribution in [0.25, 0.3) is 0 Å². The lowest BCUT2D eigenvalue weighted by molar-refractivity contribution is 0.116. The van der Waals surface area contributed by atoms with E-state index < -0.39 is 0 Å². The first-order chi connectivity index (χ1) is 8.08. The molecule has 0 heterocycles. The molecule has 1 aliphatic rings. The summed E-state index contributed by atoms with van der Waals surface area (Å²) >= 11 is 12.2. The Morgan fingerprint density at radius 3 is 2.59 bits per heavy atom. The van der Waals surface area contributed by atoms with Gasteiger partial charge < -0.3 is 10.4 Å². The van der Waals surface area contributed by atoms with Crippen molar-refractivity contribution in [2.75, 3.05) is 5.32 Å².